The van der Waals surface area contributed by atoms with Crippen molar-refractivity contribution in [3.63, 3.8) is 0 Å². The number of ether oxygens (including phenoxy) is 1. The highest BCUT2D eigenvalue weighted by Crippen LogP contribution is 2.29. The second-order valence-electron chi connectivity index (χ2n) is 8.42. The van der Waals surface area contributed by atoms with Crippen LogP contribution in [0.15, 0.2) is 18.2 Å². The number of nitrogens with one attached hydrogen (secondary N) is 1. The average molecular weight is 422 g/mol. The average Bonchev–Trinajstić information content (AvgIpc) is 2.74. The van der Waals surface area contributed by atoms with Gasteiger partial charge in [-0.1, -0.05) is 17.7 Å². The molecule has 0 bridgehead atoms. The van der Waals surface area contributed by atoms with E-state index >= 15 is 0 Å². The summed E-state index contributed by atoms with van der Waals surface area (Å²) in [6.07, 6.45) is 5.92. The Balaban J connectivity index is 1.33. The molecule has 1 aliphatic heterocycles. The molecule has 0 atom stereocenters. The highest BCUT2D eigenvalue weighted by Gasteiger charge is 2.24. The van der Waals surface area contributed by atoms with Gasteiger partial charge in [0.2, 0.25) is 5.91 Å². The lowest BCUT2D eigenvalue weighted by atomic mass is 9.84. The topological polar surface area (TPSA) is 44.8 Å². The lowest BCUT2D eigenvalue weighted by molar-refractivity contribution is -0.126. The summed E-state index contributed by atoms with van der Waals surface area (Å²) in [5.74, 6) is 0.825. The first-order valence-electron chi connectivity index (χ1n) is 11.2. The molecule has 2 fully saturated rings. The molecule has 3 rings (SSSR count). The number of hydrogen-bond donors (Lipinski definition) is 1. The minimum Gasteiger partial charge on any atom is -0.372 e. The highest BCUT2D eigenvalue weighted by molar-refractivity contribution is 6.31. The lowest BCUT2D eigenvalue weighted by Crippen LogP contribution is -2.47. The quantitative estimate of drug-likeness (QED) is 0.692. The van der Waals surface area contributed by atoms with Gasteiger partial charge < -0.3 is 15.0 Å². The first kappa shape index (κ1) is 22.4. The van der Waals surface area contributed by atoms with Crippen LogP contribution < -0.4 is 10.2 Å². The highest BCUT2D eigenvalue weighted by atomic mass is 35.5. The number of amides is 1. The molecule has 0 spiro atoms. The first-order chi connectivity index (χ1) is 14.1. The molecule has 1 saturated heterocycles. The van der Waals surface area contributed by atoms with E-state index in [0.29, 0.717) is 12.6 Å². The van der Waals surface area contributed by atoms with Crippen molar-refractivity contribution in [1.82, 2.24) is 10.2 Å². The Hall–Kier alpha value is -1.30. The van der Waals surface area contributed by atoms with E-state index in [2.05, 4.69) is 28.1 Å². The summed E-state index contributed by atoms with van der Waals surface area (Å²) < 4.78 is 5.18. The SMILES string of the molecule is CCOCC(=O)N[C@H]1CC[C@H](CCN2CCN(c3cccc(Cl)c3C)CC2)CC1. The standard InChI is InChI=1S/C23H36ClN3O2/c1-3-29-17-23(28)25-20-9-7-19(8-10-20)11-12-26-13-15-27(16-14-26)22-6-4-5-21(24)18(22)2/h4-6,19-20H,3,7-17H2,1-2H3,(H,25,28)/t19-,20-. The van der Waals surface area contributed by atoms with Gasteiger partial charge >= 0.3 is 0 Å². The number of piperazine rings is 1. The molecule has 0 radical (unpaired) electrons. The largest absolute Gasteiger partial charge is 0.372 e. The molecule has 1 aliphatic carbocycles. The van der Waals surface area contributed by atoms with Gasteiger partial charge in [0, 0.05) is 49.5 Å². The maximum atomic E-state index is 11.8. The molecule has 1 aromatic carbocycles. The van der Waals surface area contributed by atoms with Gasteiger partial charge in [-0.15, -0.1) is 0 Å². The van der Waals surface area contributed by atoms with Gasteiger partial charge in [0.05, 0.1) is 0 Å². The van der Waals surface area contributed by atoms with Gasteiger partial charge in [-0.3, -0.25) is 9.69 Å². The third-order valence-electron chi connectivity index (χ3n) is 6.45. The predicted octanol–water partition coefficient (Wildman–Crippen LogP) is 3.87. The van der Waals surface area contributed by atoms with E-state index in [1.165, 1.54) is 37.1 Å². The van der Waals surface area contributed by atoms with Gasteiger partial charge in [0.25, 0.3) is 0 Å². The van der Waals surface area contributed by atoms with Crippen LogP contribution in [0.5, 0.6) is 0 Å². The van der Waals surface area contributed by atoms with E-state index in [9.17, 15) is 4.79 Å². The van der Waals surface area contributed by atoms with E-state index in [1.807, 2.05) is 19.1 Å². The second-order valence-corrected chi connectivity index (χ2v) is 8.83. The summed E-state index contributed by atoms with van der Waals surface area (Å²) in [6.45, 7) is 10.4. The van der Waals surface area contributed by atoms with Crippen molar-refractivity contribution >= 4 is 23.2 Å². The van der Waals surface area contributed by atoms with E-state index in [1.54, 1.807) is 0 Å². The molecule has 5 nitrogen and oxygen atoms in total. The Morgan fingerprint density at radius 1 is 1.17 bits per heavy atom. The summed E-state index contributed by atoms with van der Waals surface area (Å²) in [5.41, 5.74) is 2.47. The molecular formula is C23H36ClN3O2. The van der Waals surface area contributed by atoms with E-state index < -0.39 is 0 Å². The van der Waals surface area contributed by atoms with Crippen LogP contribution in [0.2, 0.25) is 5.02 Å². The zero-order valence-electron chi connectivity index (χ0n) is 18.0. The Bertz CT molecular complexity index is 654. The Kier molecular flexibility index (Phi) is 8.64. The fourth-order valence-electron chi connectivity index (χ4n) is 4.58. The maximum absolute atomic E-state index is 11.8. The zero-order chi connectivity index (χ0) is 20.6. The van der Waals surface area contributed by atoms with Gasteiger partial charge in [-0.25, -0.2) is 0 Å². The molecule has 1 aromatic rings. The Morgan fingerprint density at radius 3 is 2.59 bits per heavy atom. The van der Waals surface area contributed by atoms with Crippen molar-refractivity contribution < 1.29 is 9.53 Å². The van der Waals surface area contributed by atoms with Crippen LogP contribution in [-0.4, -0.2) is 62.8 Å². The van der Waals surface area contributed by atoms with Gasteiger partial charge in [0.1, 0.15) is 6.61 Å². The van der Waals surface area contributed by atoms with Crippen molar-refractivity contribution in [2.45, 2.75) is 52.0 Å². The van der Waals surface area contributed by atoms with Crippen molar-refractivity contribution in [2.75, 3.05) is 50.8 Å². The molecule has 1 heterocycles. The number of carbonyl (C=O) groups is 1. The maximum Gasteiger partial charge on any atom is 0.246 e. The molecule has 0 unspecified atom stereocenters. The molecule has 1 amide bonds. The smallest absolute Gasteiger partial charge is 0.246 e. The third-order valence-corrected chi connectivity index (χ3v) is 6.86. The fourth-order valence-corrected chi connectivity index (χ4v) is 4.75. The van der Waals surface area contributed by atoms with Gasteiger partial charge in [0.15, 0.2) is 0 Å². The number of hydrogen-bond acceptors (Lipinski definition) is 4. The molecule has 1 N–H and O–H groups in total. The summed E-state index contributed by atoms with van der Waals surface area (Å²) in [6, 6.07) is 6.54. The monoisotopic (exact) mass is 421 g/mol. The molecular weight excluding hydrogens is 386 g/mol. The Morgan fingerprint density at radius 2 is 1.90 bits per heavy atom. The fraction of sp³-hybridized carbons (Fsp3) is 0.696. The molecule has 0 aromatic heterocycles. The third kappa shape index (κ3) is 6.59. The first-order valence-corrected chi connectivity index (χ1v) is 11.5. The van der Waals surface area contributed by atoms with Crippen molar-refractivity contribution in [3.05, 3.63) is 28.8 Å². The van der Waals surface area contributed by atoms with Crippen LogP contribution in [-0.2, 0) is 9.53 Å². The summed E-state index contributed by atoms with van der Waals surface area (Å²) >= 11 is 6.29. The van der Waals surface area contributed by atoms with Crippen LogP contribution >= 0.6 is 11.6 Å². The predicted molar refractivity (Wildman–Crippen MR) is 120 cm³/mol. The second kappa shape index (κ2) is 11.2. The van der Waals surface area contributed by atoms with Crippen molar-refractivity contribution in [3.8, 4) is 0 Å². The zero-order valence-corrected chi connectivity index (χ0v) is 18.7. The number of carbonyl (C=O) groups excluding carboxylic acids is 1. The summed E-state index contributed by atoms with van der Waals surface area (Å²) in [4.78, 5) is 16.9. The van der Waals surface area contributed by atoms with Crippen LogP contribution in [0, 0.1) is 12.8 Å². The van der Waals surface area contributed by atoms with Crippen molar-refractivity contribution in [2.24, 2.45) is 5.92 Å². The minimum atomic E-state index is 0.0307. The normalized spacial score (nSPS) is 23.2. The van der Waals surface area contributed by atoms with Crippen LogP contribution in [0.3, 0.4) is 0 Å². The number of halogens is 1. The molecule has 29 heavy (non-hydrogen) atoms. The minimum absolute atomic E-state index is 0.0307. The summed E-state index contributed by atoms with van der Waals surface area (Å²) in [5, 5.41) is 3.98. The molecule has 162 valence electrons. The number of rotatable bonds is 8. The van der Waals surface area contributed by atoms with E-state index in [4.69, 9.17) is 16.3 Å². The lowest BCUT2D eigenvalue weighted by Gasteiger charge is -2.38. The van der Waals surface area contributed by atoms with E-state index in [0.717, 1.165) is 50.0 Å². The summed E-state index contributed by atoms with van der Waals surface area (Å²) in [7, 11) is 0. The molecule has 1 saturated carbocycles. The number of nitrogens with zero attached hydrogens (tertiary/aromatic N) is 2. The molecule has 2 aliphatic rings. The van der Waals surface area contributed by atoms with Crippen molar-refractivity contribution in [1.29, 1.82) is 0 Å². The van der Waals surface area contributed by atoms with Gasteiger partial charge in [-0.05, 0) is 76.1 Å². The van der Waals surface area contributed by atoms with Crippen LogP contribution in [0.4, 0.5) is 5.69 Å². The molecule has 6 heteroatoms. The number of anilines is 1. The number of benzene rings is 1. The Labute approximate surface area is 180 Å². The van der Waals surface area contributed by atoms with Crippen LogP contribution in [0.25, 0.3) is 0 Å². The van der Waals surface area contributed by atoms with Crippen LogP contribution in [0.1, 0.15) is 44.6 Å². The van der Waals surface area contributed by atoms with E-state index in [-0.39, 0.29) is 12.5 Å². The van der Waals surface area contributed by atoms with Gasteiger partial charge in [-0.2, -0.15) is 0 Å².